The first kappa shape index (κ1) is 17.8. The molecule has 0 fully saturated rings. The minimum Gasteiger partial charge on any atom is -0.497 e. The number of benzene rings is 2. The number of aromatic nitrogens is 2. The summed E-state index contributed by atoms with van der Waals surface area (Å²) in [6, 6.07) is 14.0. The van der Waals surface area contributed by atoms with E-state index in [9.17, 15) is 9.59 Å². The Morgan fingerprint density at radius 2 is 2.04 bits per heavy atom. The van der Waals surface area contributed by atoms with Crippen molar-refractivity contribution in [3.8, 4) is 5.75 Å². The molecule has 4 rings (SSSR count). The maximum absolute atomic E-state index is 12.8. The first-order valence-corrected chi connectivity index (χ1v) is 8.95. The number of fused-ring (bicyclic) bond motifs is 2. The van der Waals surface area contributed by atoms with E-state index in [2.05, 4.69) is 14.9 Å². The lowest BCUT2D eigenvalue weighted by Gasteiger charge is -2.09. The van der Waals surface area contributed by atoms with Gasteiger partial charge in [-0.25, -0.2) is 9.78 Å². The van der Waals surface area contributed by atoms with E-state index in [-0.39, 0.29) is 18.0 Å². The molecule has 0 saturated carbocycles. The van der Waals surface area contributed by atoms with E-state index < -0.39 is 5.63 Å². The van der Waals surface area contributed by atoms with Gasteiger partial charge in [-0.15, -0.1) is 0 Å². The Hall–Kier alpha value is -3.61. The van der Waals surface area contributed by atoms with Gasteiger partial charge in [0.05, 0.1) is 30.3 Å². The molecule has 1 amide bonds. The standard InChI is InChI=1S/C21H19N3O4/c1-3-24-17-7-5-4-6-16(17)23-19(24)12-22-21(26)15-11-20(25)28-18-10-13(27-2)8-9-14(15)18/h4-11H,3,12H2,1-2H3,(H,22,26). The third-order valence-corrected chi connectivity index (χ3v) is 4.65. The average Bonchev–Trinajstić information content (AvgIpc) is 3.08. The van der Waals surface area contributed by atoms with Crippen LogP contribution in [0, 0.1) is 0 Å². The van der Waals surface area contributed by atoms with Crippen LogP contribution in [-0.4, -0.2) is 22.6 Å². The zero-order chi connectivity index (χ0) is 19.7. The molecule has 142 valence electrons. The van der Waals surface area contributed by atoms with E-state index in [0.717, 1.165) is 23.4 Å². The molecule has 0 radical (unpaired) electrons. The lowest BCUT2D eigenvalue weighted by molar-refractivity contribution is 0.0950. The molecule has 0 unspecified atom stereocenters. The number of aryl methyl sites for hydroxylation is 1. The smallest absolute Gasteiger partial charge is 0.337 e. The van der Waals surface area contributed by atoms with E-state index in [1.54, 1.807) is 18.2 Å². The highest BCUT2D eigenvalue weighted by molar-refractivity contribution is 6.05. The highest BCUT2D eigenvalue weighted by Gasteiger charge is 2.15. The predicted octanol–water partition coefficient (Wildman–Crippen LogP) is 3.10. The molecule has 2 aromatic carbocycles. The summed E-state index contributed by atoms with van der Waals surface area (Å²) in [7, 11) is 1.52. The van der Waals surface area contributed by atoms with Gasteiger partial charge in [0, 0.05) is 24.1 Å². The van der Waals surface area contributed by atoms with Crippen molar-refractivity contribution in [1.29, 1.82) is 0 Å². The van der Waals surface area contributed by atoms with Crippen LogP contribution in [0.2, 0.25) is 0 Å². The van der Waals surface area contributed by atoms with Crippen LogP contribution < -0.4 is 15.7 Å². The molecule has 0 atom stereocenters. The van der Waals surface area contributed by atoms with E-state index in [0.29, 0.717) is 16.7 Å². The maximum Gasteiger partial charge on any atom is 0.337 e. The van der Waals surface area contributed by atoms with Gasteiger partial charge in [-0.2, -0.15) is 0 Å². The van der Waals surface area contributed by atoms with Crippen molar-refractivity contribution in [2.45, 2.75) is 20.0 Å². The fraction of sp³-hybridized carbons (Fsp3) is 0.190. The molecular formula is C21H19N3O4. The van der Waals surface area contributed by atoms with Crippen LogP contribution >= 0.6 is 0 Å². The summed E-state index contributed by atoms with van der Waals surface area (Å²) >= 11 is 0. The monoisotopic (exact) mass is 377 g/mol. The molecule has 0 aliphatic carbocycles. The van der Waals surface area contributed by atoms with E-state index in [1.807, 2.05) is 31.2 Å². The minimum absolute atomic E-state index is 0.249. The maximum atomic E-state index is 12.8. The van der Waals surface area contributed by atoms with Crippen LogP contribution in [0.5, 0.6) is 5.75 Å². The number of ether oxygens (including phenoxy) is 1. The lowest BCUT2D eigenvalue weighted by atomic mass is 10.1. The molecule has 0 bridgehead atoms. The molecule has 7 heteroatoms. The van der Waals surface area contributed by atoms with Crippen molar-refractivity contribution in [2.75, 3.05) is 7.11 Å². The van der Waals surface area contributed by atoms with Crippen LogP contribution in [0.15, 0.2) is 57.7 Å². The summed E-state index contributed by atoms with van der Waals surface area (Å²) in [5.74, 6) is 0.939. The number of methoxy groups -OCH3 is 1. The summed E-state index contributed by atoms with van der Waals surface area (Å²) < 4.78 is 12.4. The molecule has 0 saturated heterocycles. The van der Waals surface area contributed by atoms with Gasteiger partial charge in [-0.3, -0.25) is 4.79 Å². The number of carbonyl (C=O) groups excluding carboxylic acids is 1. The summed E-state index contributed by atoms with van der Waals surface area (Å²) in [5.41, 5.74) is 1.87. The largest absolute Gasteiger partial charge is 0.497 e. The first-order chi connectivity index (χ1) is 13.6. The highest BCUT2D eigenvalue weighted by Crippen LogP contribution is 2.22. The van der Waals surface area contributed by atoms with Gasteiger partial charge in [-0.1, -0.05) is 12.1 Å². The van der Waals surface area contributed by atoms with Crippen LogP contribution in [0.25, 0.3) is 22.0 Å². The van der Waals surface area contributed by atoms with Gasteiger partial charge in [0.25, 0.3) is 5.91 Å². The summed E-state index contributed by atoms with van der Waals surface area (Å²) in [5, 5.41) is 3.41. The molecule has 2 heterocycles. The predicted molar refractivity (Wildman–Crippen MR) is 106 cm³/mol. The summed E-state index contributed by atoms with van der Waals surface area (Å²) in [4.78, 5) is 29.3. The fourth-order valence-electron chi connectivity index (χ4n) is 3.33. The second kappa shape index (κ2) is 7.19. The summed E-state index contributed by atoms with van der Waals surface area (Å²) in [6.45, 7) is 3.02. The number of nitrogens with one attached hydrogen (secondary N) is 1. The van der Waals surface area contributed by atoms with Crippen molar-refractivity contribution >= 4 is 27.9 Å². The zero-order valence-electron chi connectivity index (χ0n) is 15.6. The normalized spacial score (nSPS) is 11.1. The van der Waals surface area contributed by atoms with Crippen LogP contribution in [-0.2, 0) is 13.1 Å². The van der Waals surface area contributed by atoms with E-state index >= 15 is 0 Å². The average molecular weight is 377 g/mol. The Morgan fingerprint density at radius 1 is 1.21 bits per heavy atom. The Kier molecular flexibility index (Phi) is 4.57. The third kappa shape index (κ3) is 3.11. The van der Waals surface area contributed by atoms with Gasteiger partial charge >= 0.3 is 5.63 Å². The Labute approximate surface area is 160 Å². The van der Waals surface area contributed by atoms with Crippen LogP contribution in [0.1, 0.15) is 23.1 Å². The van der Waals surface area contributed by atoms with E-state index in [4.69, 9.17) is 9.15 Å². The van der Waals surface area contributed by atoms with Crippen molar-refractivity contribution < 1.29 is 13.9 Å². The molecule has 0 aliphatic rings. The molecule has 7 nitrogen and oxygen atoms in total. The quantitative estimate of drug-likeness (QED) is 0.540. The van der Waals surface area contributed by atoms with Gasteiger partial charge < -0.3 is 19.0 Å². The molecular weight excluding hydrogens is 358 g/mol. The fourth-order valence-corrected chi connectivity index (χ4v) is 3.33. The number of amides is 1. The number of carbonyl (C=O) groups is 1. The van der Waals surface area contributed by atoms with Crippen molar-refractivity contribution in [2.24, 2.45) is 0 Å². The number of para-hydroxylation sites is 2. The minimum atomic E-state index is -0.591. The molecule has 4 aromatic rings. The second-order valence-electron chi connectivity index (χ2n) is 6.28. The zero-order valence-corrected chi connectivity index (χ0v) is 15.6. The number of hydrogen-bond donors (Lipinski definition) is 1. The third-order valence-electron chi connectivity index (χ3n) is 4.65. The number of rotatable bonds is 5. The van der Waals surface area contributed by atoms with Crippen LogP contribution in [0.3, 0.4) is 0 Å². The van der Waals surface area contributed by atoms with Crippen molar-refractivity contribution in [3.05, 3.63) is 70.3 Å². The number of hydrogen-bond acceptors (Lipinski definition) is 5. The topological polar surface area (TPSA) is 86.4 Å². The van der Waals surface area contributed by atoms with Crippen molar-refractivity contribution in [3.63, 3.8) is 0 Å². The highest BCUT2D eigenvalue weighted by atomic mass is 16.5. The second-order valence-corrected chi connectivity index (χ2v) is 6.28. The van der Waals surface area contributed by atoms with Crippen LogP contribution in [0.4, 0.5) is 0 Å². The SMILES string of the molecule is CCn1c(CNC(=O)c2cc(=O)oc3cc(OC)ccc23)nc2ccccc21. The summed E-state index contributed by atoms with van der Waals surface area (Å²) in [6.07, 6.45) is 0. The number of nitrogens with zero attached hydrogens (tertiary/aromatic N) is 2. The molecule has 0 spiro atoms. The van der Waals surface area contributed by atoms with Gasteiger partial charge in [0.2, 0.25) is 0 Å². The first-order valence-electron chi connectivity index (χ1n) is 8.95. The Morgan fingerprint density at radius 3 is 2.82 bits per heavy atom. The lowest BCUT2D eigenvalue weighted by Crippen LogP contribution is -2.25. The van der Waals surface area contributed by atoms with Gasteiger partial charge in [-0.05, 0) is 31.2 Å². The number of imidazole rings is 1. The van der Waals surface area contributed by atoms with Gasteiger partial charge in [0.15, 0.2) is 0 Å². The Balaban J connectivity index is 1.65. The molecule has 28 heavy (non-hydrogen) atoms. The van der Waals surface area contributed by atoms with E-state index in [1.165, 1.54) is 13.2 Å². The Bertz CT molecular complexity index is 1240. The van der Waals surface area contributed by atoms with Gasteiger partial charge in [0.1, 0.15) is 17.2 Å². The molecule has 0 aliphatic heterocycles. The molecule has 2 aromatic heterocycles. The van der Waals surface area contributed by atoms with Crippen molar-refractivity contribution in [1.82, 2.24) is 14.9 Å². The molecule has 1 N–H and O–H groups in total.